The van der Waals surface area contributed by atoms with Gasteiger partial charge in [0.25, 0.3) is 5.69 Å². The Morgan fingerprint density at radius 3 is 2.23 bits per heavy atom. The molecule has 26 heavy (non-hydrogen) atoms. The SMILES string of the molecule is CC(C)=C(N)c1c(C(=O)c2cccc3ccccc23)cccc1[N+](=O)[O-]. The Balaban J connectivity index is 2.30. The molecule has 0 aliphatic rings. The topological polar surface area (TPSA) is 86.2 Å². The number of fused-ring (bicyclic) bond motifs is 1. The minimum atomic E-state index is -0.509. The molecule has 0 aliphatic carbocycles. The van der Waals surface area contributed by atoms with E-state index in [-0.39, 0.29) is 28.3 Å². The van der Waals surface area contributed by atoms with Crippen LogP contribution >= 0.6 is 0 Å². The van der Waals surface area contributed by atoms with Crippen LogP contribution in [0.25, 0.3) is 16.5 Å². The highest BCUT2D eigenvalue weighted by atomic mass is 16.6. The first-order valence-electron chi connectivity index (χ1n) is 8.15. The zero-order valence-electron chi connectivity index (χ0n) is 14.5. The van der Waals surface area contributed by atoms with Gasteiger partial charge >= 0.3 is 0 Å². The molecule has 0 atom stereocenters. The zero-order chi connectivity index (χ0) is 18.8. The molecule has 3 aromatic carbocycles. The third kappa shape index (κ3) is 2.95. The molecule has 0 saturated carbocycles. The van der Waals surface area contributed by atoms with Crippen molar-refractivity contribution in [2.45, 2.75) is 13.8 Å². The van der Waals surface area contributed by atoms with E-state index in [0.717, 1.165) is 10.8 Å². The number of nitrogens with two attached hydrogens (primary N) is 1. The number of carbonyl (C=O) groups is 1. The van der Waals surface area contributed by atoms with E-state index in [2.05, 4.69) is 0 Å². The van der Waals surface area contributed by atoms with Crippen LogP contribution in [0.2, 0.25) is 0 Å². The van der Waals surface area contributed by atoms with Crippen LogP contribution < -0.4 is 5.73 Å². The zero-order valence-corrected chi connectivity index (χ0v) is 14.5. The molecule has 130 valence electrons. The maximum atomic E-state index is 13.3. The number of benzene rings is 3. The summed E-state index contributed by atoms with van der Waals surface area (Å²) in [5.74, 6) is -0.287. The Morgan fingerprint density at radius 2 is 1.54 bits per heavy atom. The molecule has 0 spiro atoms. The van der Waals surface area contributed by atoms with E-state index in [9.17, 15) is 14.9 Å². The molecule has 0 saturated heterocycles. The fourth-order valence-corrected chi connectivity index (χ4v) is 2.98. The highest BCUT2D eigenvalue weighted by Gasteiger charge is 2.25. The summed E-state index contributed by atoms with van der Waals surface area (Å²) in [7, 11) is 0. The van der Waals surface area contributed by atoms with E-state index < -0.39 is 4.92 Å². The van der Waals surface area contributed by atoms with Gasteiger partial charge in [0.2, 0.25) is 0 Å². The number of carbonyl (C=O) groups excluding carboxylic acids is 1. The van der Waals surface area contributed by atoms with Crippen LogP contribution in [0.1, 0.15) is 35.3 Å². The molecule has 0 bridgehead atoms. The molecule has 0 amide bonds. The molecule has 0 fully saturated rings. The second kappa shape index (κ2) is 6.80. The van der Waals surface area contributed by atoms with Gasteiger partial charge in [0, 0.05) is 22.9 Å². The van der Waals surface area contributed by atoms with Gasteiger partial charge in [0.05, 0.1) is 10.5 Å². The average molecular weight is 346 g/mol. The van der Waals surface area contributed by atoms with Crippen molar-refractivity contribution in [3.8, 4) is 0 Å². The van der Waals surface area contributed by atoms with Gasteiger partial charge < -0.3 is 5.73 Å². The van der Waals surface area contributed by atoms with E-state index in [4.69, 9.17) is 5.73 Å². The lowest BCUT2D eigenvalue weighted by Gasteiger charge is -2.12. The van der Waals surface area contributed by atoms with Crippen LogP contribution in [-0.2, 0) is 0 Å². The van der Waals surface area contributed by atoms with E-state index in [1.54, 1.807) is 32.0 Å². The maximum Gasteiger partial charge on any atom is 0.279 e. The number of hydrogen-bond acceptors (Lipinski definition) is 4. The van der Waals surface area contributed by atoms with E-state index in [0.29, 0.717) is 11.1 Å². The first-order chi connectivity index (χ1) is 12.4. The smallest absolute Gasteiger partial charge is 0.279 e. The summed E-state index contributed by atoms with van der Waals surface area (Å²) in [5, 5.41) is 13.2. The summed E-state index contributed by atoms with van der Waals surface area (Å²) >= 11 is 0. The molecule has 0 radical (unpaired) electrons. The second-order valence-electron chi connectivity index (χ2n) is 6.23. The molecule has 0 heterocycles. The second-order valence-corrected chi connectivity index (χ2v) is 6.23. The normalized spacial score (nSPS) is 10.5. The highest BCUT2D eigenvalue weighted by molar-refractivity contribution is 6.18. The van der Waals surface area contributed by atoms with Crippen LogP contribution in [-0.4, -0.2) is 10.7 Å². The standard InChI is InChI=1S/C21H18N2O3/c1-13(2)20(22)19-17(11-6-12-18(19)23(25)26)21(24)16-10-5-8-14-7-3-4-9-15(14)16/h3-12H,22H2,1-2H3. The van der Waals surface area contributed by atoms with Crippen molar-refractivity contribution < 1.29 is 9.72 Å². The quantitative estimate of drug-likeness (QED) is 0.422. The van der Waals surface area contributed by atoms with Crippen molar-refractivity contribution in [3.63, 3.8) is 0 Å². The van der Waals surface area contributed by atoms with Gasteiger partial charge in [-0.15, -0.1) is 0 Å². The largest absolute Gasteiger partial charge is 0.398 e. The van der Waals surface area contributed by atoms with Crippen LogP contribution in [0.4, 0.5) is 5.69 Å². The number of allylic oxidation sites excluding steroid dienone is 1. The molecule has 5 heteroatoms. The molecular formula is C21H18N2O3. The first-order valence-corrected chi connectivity index (χ1v) is 8.15. The first kappa shape index (κ1) is 17.4. The minimum Gasteiger partial charge on any atom is -0.398 e. The Hall–Kier alpha value is -3.47. The van der Waals surface area contributed by atoms with Crippen LogP contribution in [0.15, 0.2) is 66.2 Å². The molecule has 0 unspecified atom stereocenters. The third-order valence-electron chi connectivity index (χ3n) is 4.33. The summed E-state index contributed by atoms with van der Waals surface area (Å²) < 4.78 is 0. The van der Waals surface area contributed by atoms with Gasteiger partial charge in [-0.05, 0) is 30.7 Å². The lowest BCUT2D eigenvalue weighted by molar-refractivity contribution is -0.385. The van der Waals surface area contributed by atoms with Crippen molar-refractivity contribution in [1.82, 2.24) is 0 Å². The summed E-state index contributed by atoms with van der Waals surface area (Å²) in [4.78, 5) is 24.3. The predicted octanol–water partition coefficient (Wildman–Crippen LogP) is 4.69. The monoisotopic (exact) mass is 346 g/mol. The summed E-state index contributed by atoms with van der Waals surface area (Å²) in [6.45, 7) is 3.52. The number of nitro benzene ring substituents is 1. The van der Waals surface area contributed by atoms with Gasteiger partial charge in [0.15, 0.2) is 5.78 Å². The maximum absolute atomic E-state index is 13.3. The molecular weight excluding hydrogens is 328 g/mol. The van der Waals surface area contributed by atoms with Gasteiger partial charge in [0.1, 0.15) is 0 Å². The molecule has 0 aromatic heterocycles. The Bertz CT molecular complexity index is 1060. The van der Waals surface area contributed by atoms with E-state index in [1.165, 1.54) is 12.1 Å². The van der Waals surface area contributed by atoms with E-state index >= 15 is 0 Å². The summed E-state index contributed by atoms with van der Waals surface area (Å²) in [6, 6.07) is 17.5. The fraction of sp³-hybridized carbons (Fsp3) is 0.0952. The number of hydrogen-bond donors (Lipinski definition) is 1. The molecule has 0 aliphatic heterocycles. The Kier molecular flexibility index (Phi) is 4.54. The number of nitrogens with zero attached hydrogens (tertiary/aromatic N) is 1. The van der Waals surface area contributed by atoms with Crippen LogP contribution in [0.3, 0.4) is 0 Å². The van der Waals surface area contributed by atoms with Crippen molar-refractivity contribution in [3.05, 3.63) is 93.0 Å². The molecule has 3 aromatic rings. The summed E-state index contributed by atoms with van der Waals surface area (Å²) in [6.07, 6.45) is 0. The van der Waals surface area contributed by atoms with Gasteiger partial charge in [-0.25, -0.2) is 0 Å². The van der Waals surface area contributed by atoms with Crippen molar-refractivity contribution in [2.75, 3.05) is 0 Å². The van der Waals surface area contributed by atoms with E-state index in [1.807, 2.05) is 30.3 Å². The fourth-order valence-electron chi connectivity index (χ4n) is 2.98. The lowest BCUT2D eigenvalue weighted by Crippen LogP contribution is -2.12. The Labute approximate surface area is 150 Å². The van der Waals surface area contributed by atoms with Crippen molar-refractivity contribution in [2.24, 2.45) is 5.73 Å². The Morgan fingerprint density at radius 1 is 0.923 bits per heavy atom. The van der Waals surface area contributed by atoms with Crippen molar-refractivity contribution >= 4 is 27.9 Å². The molecule has 2 N–H and O–H groups in total. The highest BCUT2D eigenvalue weighted by Crippen LogP contribution is 2.31. The summed E-state index contributed by atoms with van der Waals surface area (Å²) in [5.41, 5.74) is 7.82. The number of nitro groups is 1. The van der Waals surface area contributed by atoms with Gasteiger partial charge in [-0.1, -0.05) is 54.1 Å². The average Bonchev–Trinajstić information content (AvgIpc) is 2.65. The predicted molar refractivity (Wildman–Crippen MR) is 103 cm³/mol. The van der Waals surface area contributed by atoms with Crippen LogP contribution in [0, 0.1) is 10.1 Å². The number of rotatable bonds is 4. The lowest BCUT2D eigenvalue weighted by atomic mass is 9.91. The van der Waals surface area contributed by atoms with Gasteiger partial charge in [-0.3, -0.25) is 14.9 Å². The minimum absolute atomic E-state index is 0.171. The molecule has 5 nitrogen and oxygen atoms in total. The van der Waals surface area contributed by atoms with Crippen molar-refractivity contribution in [1.29, 1.82) is 0 Å². The third-order valence-corrected chi connectivity index (χ3v) is 4.33. The van der Waals surface area contributed by atoms with Gasteiger partial charge in [-0.2, -0.15) is 0 Å². The molecule has 3 rings (SSSR count). The number of ketones is 1. The van der Waals surface area contributed by atoms with Crippen LogP contribution in [0.5, 0.6) is 0 Å².